The summed E-state index contributed by atoms with van der Waals surface area (Å²) in [6, 6.07) is 2.38. The molecule has 1 fully saturated rings. The van der Waals surface area contributed by atoms with E-state index in [1.165, 1.54) is 12.5 Å². The molecule has 0 radical (unpaired) electrons. The summed E-state index contributed by atoms with van der Waals surface area (Å²) in [5.41, 5.74) is 1.27. The van der Waals surface area contributed by atoms with E-state index < -0.39 is 0 Å². The van der Waals surface area contributed by atoms with E-state index in [1.807, 2.05) is 0 Å². The van der Waals surface area contributed by atoms with Gasteiger partial charge in [-0.25, -0.2) is 4.39 Å². The number of nitrogens with zero attached hydrogens (tertiary/aromatic N) is 1. The van der Waals surface area contributed by atoms with Crippen LogP contribution in [0.4, 0.5) is 4.39 Å². The monoisotopic (exact) mass is 280 g/mol. The van der Waals surface area contributed by atoms with Crippen molar-refractivity contribution >= 4 is 0 Å². The topological polar surface area (TPSA) is 56.0 Å². The summed E-state index contributed by atoms with van der Waals surface area (Å²) in [5, 5.41) is 21.6. The Balaban J connectivity index is 0.000000612. The molecule has 0 amide bonds. The van der Waals surface area contributed by atoms with Crippen LogP contribution in [-0.4, -0.2) is 17.3 Å². The molecule has 2 aliphatic carbocycles. The van der Waals surface area contributed by atoms with E-state index in [-0.39, 0.29) is 18.0 Å². The third kappa shape index (κ3) is 5.34. The second-order valence-corrected chi connectivity index (χ2v) is 5.45. The Hall–Kier alpha value is -1.34. The molecule has 2 rings (SSSR count). The highest BCUT2D eigenvalue weighted by atomic mass is 19.1. The van der Waals surface area contributed by atoms with Gasteiger partial charge in [0.15, 0.2) is 0 Å². The van der Waals surface area contributed by atoms with E-state index in [2.05, 4.69) is 25.2 Å². The smallest absolute Gasteiger partial charge is 0.102 e. The van der Waals surface area contributed by atoms with Gasteiger partial charge in [0.05, 0.1) is 23.4 Å². The van der Waals surface area contributed by atoms with Gasteiger partial charge in [-0.1, -0.05) is 20.3 Å². The molecule has 0 atom stereocenters. The van der Waals surface area contributed by atoms with Crippen LogP contribution in [0.25, 0.3) is 0 Å². The Morgan fingerprint density at radius 1 is 1.30 bits per heavy atom. The second kappa shape index (κ2) is 8.76. The Kier molecular flexibility index (Phi) is 7.32. The largest absolute Gasteiger partial charge is 0.393 e. The van der Waals surface area contributed by atoms with Crippen molar-refractivity contribution in [1.82, 2.24) is 5.32 Å². The molecule has 0 aliphatic heterocycles. The van der Waals surface area contributed by atoms with E-state index >= 15 is 0 Å². The number of halogens is 1. The van der Waals surface area contributed by atoms with Crippen molar-refractivity contribution in [3.63, 3.8) is 0 Å². The zero-order valence-corrected chi connectivity index (χ0v) is 12.5. The van der Waals surface area contributed by atoms with Crippen molar-refractivity contribution in [3.8, 4) is 6.07 Å². The van der Waals surface area contributed by atoms with Crippen molar-refractivity contribution in [2.45, 2.75) is 70.9 Å². The SMILES string of the molecule is CCC.N#CC1=C(NC2CCC(O)CC2)C=C(F)CC1. The maximum Gasteiger partial charge on any atom is 0.102 e. The fourth-order valence-corrected chi connectivity index (χ4v) is 2.38. The third-order valence-electron chi connectivity index (χ3n) is 3.43. The van der Waals surface area contributed by atoms with Crippen molar-refractivity contribution < 1.29 is 9.50 Å². The van der Waals surface area contributed by atoms with Gasteiger partial charge >= 0.3 is 0 Å². The average molecular weight is 280 g/mol. The van der Waals surface area contributed by atoms with Gasteiger partial charge in [-0.05, 0) is 38.2 Å². The minimum Gasteiger partial charge on any atom is -0.393 e. The summed E-state index contributed by atoms with van der Waals surface area (Å²) >= 11 is 0. The van der Waals surface area contributed by atoms with E-state index in [1.54, 1.807) is 0 Å². The maximum atomic E-state index is 13.2. The van der Waals surface area contributed by atoms with Crippen LogP contribution in [0, 0.1) is 11.3 Å². The number of hydrogen-bond donors (Lipinski definition) is 2. The van der Waals surface area contributed by atoms with Gasteiger partial charge in [0.1, 0.15) is 5.83 Å². The van der Waals surface area contributed by atoms with Crippen LogP contribution in [0.15, 0.2) is 23.2 Å². The van der Waals surface area contributed by atoms with Gasteiger partial charge in [-0.3, -0.25) is 0 Å². The summed E-state index contributed by atoms with van der Waals surface area (Å²) in [6.45, 7) is 4.25. The summed E-state index contributed by atoms with van der Waals surface area (Å²) in [7, 11) is 0. The van der Waals surface area contributed by atoms with Crippen molar-refractivity contribution in [2.24, 2.45) is 0 Å². The first-order valence-electron chi connectivity index (χ1n) is 7.54. The van der Waals surface area contributed by atoms with Gasteiger partial charge in [0.2, 0.25) is 0 Å². The van der Waals surface area contributed by atoms with Crippen LogP contribution in [0.1, 0.15) is 58.8 Å². The Labute approximate surface area is 121 Å². The van der Waals surface area contributed by atoms with Crippen molar-refractivity contribution in [3.05, 3.63) is 23.2 Å². The standard InChI is InChI=1S/C13H17FN2O.C3H8/c14-10-2-1-9(8-15)13(7-10)16-11-3-5-12(17)6-4-11;1-3-2/h7,11-12,16-17H,1-6H2;3H2,1-2H3. The quantitative estimate of drug-likeness (QED) is 0.810. The summed E-state index contributed by atoms with van der Waals surface area (Å²) in [6.07, 6.45) is 6.60. The minimum absolute atomic E-state index is 0.164. The Morgan fingerprint density at radius 3 is 2.45 bits per heavy atom. The lowest BCUT2D eigenvalue weighted by Gasteiger charge is -2.28. The molecule has 0 spiro atoms. The molecule has 0 unspecified atom stereocenters. The average Bonchev–Trinajstić information content (AvgIpc) is 2.43. The molecule has 0 aromatic rings. The first-order chi connectivity index (χ1) is 9.60. The van der Waals surface area contributed by atoms with Crippen molar-refractivity contribution in [2.75, 3.05) is 0 Å². The van der Waals surface area contributed by atoms with E-state index in [0.29, 0.717) is 24.1 Å². The molecule has 0 aromatic heterocycles. The van der Waals surface area contributed by atoms with Crippen molar-refractivity contribution in [1.29, 1.82) is 5.26 Å². The van der Waals surface area contributed by atoms with Crippen LogP contribution in [-0.2, 0) is 0 Å². The molecule has 3 nitrogen and oxygen atoms in total. The predicted molar refractivity (Wildman–Crippen MR) is 78.4 cm³/mol. The zero-order chi connectivity index (χ0) is 15.0. The highest BCUT2D eigenvalue weighted by Crippen LogP contribution is 2.25. The van der Waals surface area contributed by atoms with E-state index in [9.17, 15) is 9.50 Å². The van der Waals surface area contributed by atoms with Crippen LogP contribution in [0.3, 0.4) is 0 Å². The fourth-order valence-electron chi connectivity index (χ4n) is 2.38. The van der Waals surface area contributed by atoms with Gasteiger partial charge in [0.25, 0.3) is 0 Å². The molecule has 2 N–H and O–H groups in total. The molecular formula is C16H25FN2O. The normalized spacial score (nSPS) is 26.1. The lowest BCUT2D eigenvalue weighted by molar-refractivity contribution is 0.119. The number of nitrogens with one attached hydrogen (secondary N) is 1. The summed E-state index contributed by atoms with van der Waals surface area (Å²) in [4.78, 5) is 0. The number of rotatable bonds is 2. The summed E-state index contributed by atoms with van der Waals surface area (Å²) in [5.74, 6) is -0.164. The minimum atomic E-state index is -0.198. The van der Waals surface area contributed by atoms with Crippen LogP contribution in [0.5, 0.6) is 0 Å². The third-order valence-corrected chi connectivity index (χ3v) is 3.43. The zero-order valence-electron chi connectivity index (χ0n) is 12.5. The molecule has 0 saturated heterocycles. The van der Waals surface area contributed by atoms with Crippen LogP contribution >= 0.6 is 0 Å². The number of hydrogen-bond acceptors (Lipinski definition) is 3. The van der Waals surface area contributed by atoms with Gasteiger partial charge in [-0.2, -0.15) is 5.26 Å². The molecule has 112 valence electrons. The molecule has 0 heterocycles. The highest BCUT2D eigenvalue weighted by Gasteiger charge is 2.21. The summed E-state index contributed by atoms with van der Waals surface area (Å²) < 4.78 is 13.2. The highest BCUT2D eigenvalue weighted by molar-refractivity contribution is 5.38. The molecular weight excluding hydrogens is 255 g/mol. The molecule has 2 aliphatic rings. The Bertz CT molecular complexity index is 401. The second-order valence-electron chi connectivity index (χ2n) is 5.45. The van der Waals surface area contributed by atoms with E-state index in [4.69, 9.17) is 5.26 Å². The fraction of sp³-hybridized carbons (Fsp3) is 0.688. The van der Waals surface area contributed by atoms with Crippen LogP contribution in [0.2, 0.25) is 0 Å². The molecule has 1 saturated carbocycles. The molecule has 20 heavy (non-hydrogen) atoms. The maximum absolute atomic E-state index is 13.2. The van der Waals surface area contributed by atoms with E-state index in [0.717, 1.165) is 25.7 Å². The predicted octanol–water partition coefficient (Wildman–Crippen LogP) is 3.72. The van der Waals surface area contributed by atoms with Gasteiger partial charge in [0, 0.05) is 12.5 Å². The van der Waals surface area contributed by atoms with Crippen LogP contribution < -0.4 is 5.32 Å². The molecule has 0 aromatic carbocycles. The lowest BCUT2D eigenvalue weighted by Crippen LogP contribution is -2.34. The number of aliphatic hydroxyl groups excluding tert-OH is 1. The number of allylic oxidation sites excluding steroid dienone is 3. The van der Waals surface area contributed by atoms with Gasteiger partial charge < -0.3 is 10.4 Å². The first kappa shape index (κ1) is 16.7. The first-order valence-corrected chi connectivity index (χ1v) is 7.54. The Morgan fingerprint density at radius 2 is 1.90 bits per heavy atom. The molecule has 4 heteroatoms. The van der Waals surface area contributed by atoms with Gasteiger partial charge in [-0.15, -0.1) is 0 Å². The lowest BCUT2D eigenvalue weighted by atomic mass is 9.92. The number of nitriles is 1. The number of aliphatic hydroxyl groups is 1. The molecule has 0 bridgehead atoms.